The minimum Gasteiger partial charge on any atom is -0.462 e. The topological polar surface area (TPSA) is 61.4 Å². The average molecular weight is 300 g/mol. The Morgan fingerprint density at radius 2 is 2.24 bits per heavy atom. The fourth-order valence-corrected chi connectivity index (χ4v) is 2.00. The normalized spacial score (nSPS) is 10.8. The van der Waals surface area contributed by atoms with E-state index in [-0.39, 0.29) is 0 Å². The third-order valence-electron chi connectivity index (χ3n) is 2.38. The van der Waals surface area contributed by atoms with Gasteiger partial charge in [0, 0.05) is 11.5 Å². The molecule has 1 aromatic heterocycles. The van der Waals surface area contributed by atoms with Gasteiger partial charge in [-0.25, -0.2) is 9.59 Å². The predicted octanol–water partition coefficient (Wildman–Crippen LogP) is 2.07. The van der Waals surface area contributed by atoms with Crippen molar-refractivity contribution >= 4 is 33.0 Å². The van der Waals surface area contributed by atoms with Gasteiger partial charge in [-0.2, -0.15) is 0 Å². The fraction of sp³-hybridized carbons (Fsp3) is 0.273. The Balaban J connectivity index is 2.65. The van der Waals surface area contributed by atoms with E-state index < -0.39 is 11.7 Å². The molecule has 1 aromatic carbocycles. The summed E-state index contributed by atoms with van der Waals surface area (Å²) in [6, 6.07) is 3.16. The van der Waals surface area contributed by atoms with Crippen molar-refractivity contribution in [2.75, 3.05) is 6.61 Å². The highest BCUT2D eigenvalue weighted by Gasteiger charge is 2.15. The second-order valence-corrected chi connectivity index (χ2v) is 4.30. The van der Waals surface area contributed by atoms with Gasteiger partial charge in [0.2, 0.25) is 0 Å². The molecule has 0 N–H and O–H groups in total. The van der Waals surface area contributed by atoms with E-state index in [1.165, 1.54) is 4.57 Å². The van der Waals surface area contributed by atoms with Crippen LogP contribution in [0.1, 0.15) is 17.3 Å². The fourth-order valence-electron chi connectivity index (χ4n) is 1.51. The van der Waals surface area contributed by atoms with Crippen molar-refractivity contribution in [2.45, 2.75) is 6.92 Å². The van der Waals surface area contributed by atoms with E-state index >= 15 is 0 Å². The number of esters is 1. The summed E-state index contributed by atoms with van der Waals surface area (Å²) in [5.41, 5.74) is 1.36. The minimum absolute atomic E-state index is 0.299. The lowest BCUT2D eigenvalue weighted by Gasteiger charge is -2.04. The number of aromatic nitrogens is 1. The lowest BCUT2D eigenvalue weighted by Crippen LogP contribution is -2.09. The van der Waals surface area contributed by atoms with Crippen LogP contribution in [-0.4, -0.2) is 17.1 Å². The van der Waals surface area contributed by atoms with Crippen LogP contribution >= 0.6 is 15.9 Å². The molecule has 0 aliphatic carbocycles. The summed E-state index contributed by atoms with van der Waals surface area (Å²) in [6.07, 6.45) is 0. The van der Waals surface area contributed by atoms with Crippen molar-refractivity contribution in [2.24, 2.45) is 7.05 Å². The highest BCUT2D eigenvalue weighted by molar-refractivity contribution is 9.10. The van der Waals surface area contributed by atoms with E-state index in [2.05, 4.69) is 15.9 Å². The second kappa shape index (κ2) is 4.37. The monoisotopic (exact) mass is 299 g/mol. The summed E-state index contributed by atoms with van der Waals surface area (Å²) < 4.78 is 11.8. The van der Waals surface area contributed by atoms with Gasteiger partial charge in [0.1, 0.15) is 0 Å². The molecule has 17 heavy (non-hydrogen) atoms. The van der Waals surface area contributed by atoms with Crippen LogP contribution in [0.15, 0.2) is 25.8 Å². The van der Waals surface area contributed by atoms with Crippen LogP contribution in [0.2, 0.25) is 0 Å². The standard InChI is InChI=1S/C11H10BrNO4/c1-3-16-10(14)6-4-8-9(5-7(6)12)17-11(15)13(8)2/h4-5H,3H2,1-2H3. The number of carbonyl (C=O) groups excluding carboxylic acids is 1. The Bertz CT molecular complexity index is 641. The molecule has 2 aromatic rings. The third-order valence-corrected chi connectivity index (χ3v) is 3.03. The zero-order chi connectivity index (χ0) is 12.6. The number of benzene rings is 1. The Morgan fingerprint density at radius 1 is 1.53 bits per heavy atom. The molecule has 0 fully saturated rings. The van der Waals surface area contributed by atoms with Gasteiger partial charge in [-0.1, -0.05) is 0 Å². The highest BCUT2D eigenvalue weighted by atomic mass is 79.9. The maximum Gasteiger partial charge on any atom is 0.419 e. The van der Waals surface area contributed by atoms with Gasteiger partial charge in [-0.15, -0.1) is 0 Å². The molecular formula is C11H10BrNO4. The van der Waals surface area contributed by atoms with Crippen LogP contribution in [0, 0.1) is 0 Å². The van der Waals surface area contributed by atoms with Crippen molar-refractivity contribution < 1.29 is 13.9 Å². The molecule has 0 saturated heterocycles. The lowest BCUT2D eigenvalue weighted by molar-refractivity contribution is 0.0525. The molecule has 0 saturated carbocycles. The summed E-state index contributed by atoms with van der Waals surface area (Å²) >= 11 is 3.25. The van der Waals surface area contributed by atoms with Crippen LogP contribution < -0.4 is 5.76 Å². The number of hydrogen-bond acceptors (Lipinski definition) is 4. The van der Waals surface area contributed by atoms with Crippen molar-refractivity contribution in [1.82, 2.24) is 4.57 Å². The molecule has 0 unspecified atom stereocenters. The van der Waals surface area contributed by atoms with Gasteiger partial charge in [0.15, 0.2) is 5.58 Å². The predicted molar refractivity (Wildman–Crippen MR) is 65.1 cm³/mol. The number of ether oxygens (including phenoxy) is 1. The molecule has 0 atom stereocenters. The smallest absolute Gasteiger partial charge is 0.419 e. The van der Waals surface area contributed by atoms with Gasteiger partial charge < -0.3 is 9.15 Å². The Kier molecular flexibility index (Phi) is 3.06. The summed E-state index contributed by atoms with van der Waals surface area (Å²) in [5, 5.41) is 0. The zero-order valence-electron chi connectivity index (χ0n) is 9.32. The van der Waals surface area contributed by atoms with Gasteiger partial charge in [0.25, 0.3) is 0 Å². The Morgan fingerprint density at radius 3 is 2.88 bits per heavy atom. The van der Waals surface area contributed by atoms with E-state index in [0.717, 1.165) is 0 Å². The number of rotatable bonds is 2. The van der Waals surface area contributed by atoms with Crippen molar-refractivity contribution in [1.29, 1.82) is 0 Å². The van der Waals surface area contributed by atoms with Crippen LogP contribution in [0.5, 0.6) is 0 Å². The third kappa shape index (κ3) is 2.00. The summed E-state index contributed by atoms with van der Waals surface area (Å²) in [4.78, 5) is 23.0. The molecule has 90 valence electrons. The second-order valence-electron chi connectivity index (χ2n) is 3.45. The number of halogens is 1. The van der Waals surface area contributed by atoms with Crippen molar-refractivity contribution in [3.63, 3.8) is 0 Å². The number of fused-ring (bicyclic) bond motifs is 1. The largest absolute Gasteiger partial charge is 0.462 e. The molecule has 0 amide bonds. The molecule has 2 rings (SSSR count). The van der Waals surface area contributed by atoms with Gasteiger partial charge in [0.05, 0.1) is 17.7 Å². The Labute approximate surface area is 105 Å². The number of hydrogen-bond donors (Lipinski definition) is 0. The first kappa shape index (κ1) is 11.9. The molecule has 0 bridgehead atoms. The minimum atomic E-state index is -0.465. The molecular weight excluding hydrogens is 290 g/mol. The lowest BCUT2D eigenvalue weighted by atomic mass is 10.2. The van der Waals surface area contributed by atoms with Gasteiger partial charge >= 0.3 is 11.7 Å². The van der Waals surface area contributed by atoms with E-state index in [1.807, 2.05) is 0 Å². The summed E-state index contributed by atoms with van der Waals surface area (Å²) in [6.45, 7) is 2.03. The first-order valence-corrected chi connectivity index (χ1v) is 5.80. The average Bonchev–Trinajstić information content (AvgIpc) is 2.53. The SMILES string of the molecule is CCOC(=O)c1cc2c(cc1Br)oc(=O)n2C. The van der Waals surface area contributed by atoms with Crippen LogP contribution in [0.4, 0.5) is 0 Å². The molecule has 6 heteroatoms. The van der Waals surface area contributed by atoms with Gasteiger partial charge in [-0.05, 0) is 35.0 Å². The number of nitrogens with zero attached hydrogens (tertiary/aromatic N) is 1. The highest BCUT2D eigenvalue weighted by Crippen LogP contribution is 2.24. The van der Waals surface area contributed by atoms with Crippen LogP contribution in [-0.2, 0) is 11.8 Å². The number of aryl methyl sites for hydroxylation is 1. The first-order valence-electron chi connectivity index (χ1n) is 5.00. The first-order chi connectivity index (χ1) is 8.04. The molecule has 5 nitrogen and oxygen atoms in total. The van der Waals surface area contributed by atoms with Gasteiger partial charge in [-0.3, -0.25) is 4.57 Å². The summed E-state index contributed by atoms with van der Waals surface area (Å²) in [7, 11) is 1.58. The zero-order valence-corrected chi connectivity index (χ0v) is 10.9. The van der Waals surface area contributed by atoms with Crippen molar-refractivity contribution in [3.8, 4) is 0 Å². The quantitative estimate of drug-likeness (QED) is 0.797. The van der Waals surface area contributed by atoms with Crippen LogP contribution in [0.3, 0.4) is 0 Å². The molecule has 0 aliphatic rings. The van der Waals surface area contributed by atoms with E-state index in [0.29, 0.717) is 27.7 Å². The van der Waals surface area contributed by atoms with E-state index in [4.69, 9.17) is 9.15 Å². The Hall–Kier alpha value is -1.56. The van der Waals surface area contributed by atoms with E-state index in [9.17, 15) is 9.59 Å². The van der Waals surface area contributed by atoms with Crippen molar-refractivity contribution in [3.05, 3.63) is 32.7 Å². The van der Waals surface area contributed by atoms with E-state index in [1.54, 1.807) is 26.1 Å². The molecule has 1 heterocycles. The number of oxazole rings is 1. The maximum atomic E-state index is 11.7. The van der Waals surface area contributed by atoms with Crippen LogP contribution in [0.25, 0.3) is 11.1 Å². The molecule has 0 aliphatic heterocycles. The maximum absolute atomic E-state index is 11.7. The number of carbonyl (C=O) groups is 1. The summed E-state index contributed by atoms with van der Waals surface area (Å²) in [5.74, 6) is -0.900. The molecule has 0 radical (unpaired) electrons. The molecule has 0 spiro atoms.